The van der Waals surface area contributed by atoms with Crippen LogP contribution in [0.1, 0.15) is 27.4 Å². The zero-order chi connectivity index (χ0) is 13.0. The Balaban J connectivity index is 1.80. The first-order valence-corrected chi connectivity index (χ1v) is 6.76. The fourth-order valence-electron chi connectivity index (χ4n) is 1.68. The van der Waals surface area contributed by atoms with Crippen molar-refractivity contribution < 1.29 is 14.4 Å². The number of hydrogen-bond acceptors (Lipinski definition) is 4. The van der Waals surface area contributed by atoms with Crippen molar-refractivity contribution in [1.82, 2.24) is 10.4 Å². The molecular formula is C12H16N2O3S. The number of carbonyl (C=O) groups excluding carboxylic acids is 2. The molecule has 0 unspecified atom stereocenters. The molecular weight excluding hydrogens is 252 g/mol. The molecule has 1 saturated heterocycles. The standard InChI is InChI=1S/C12H16N2O3S/c1-9-4-5-10(18-9)12(16)13-8-11(15)14-6-2-3-7-17-14/h4-5H,2-3,6-8H2,1H3,(H,13,16). The zero-order valence-corrected chi connectivity index (χ0v) is 11.1. The lowest BCUT2D eigenvalue weighted by Crippen LogP contribution is -2.42. The lowest BCUT2D eigenvalue weighted by Gasteiger charge is -2.25. The molecule has 98 valence electrons. The van der Waals surface area contributed by atoms with E-state index < -0.39 is 0 Å². The highest BCUT2D eigenvalue weighted by Crippen LogP contribution is 2.14. The van der Waals surface area contributed by atoms with Gasteiger partial charge in [-0.25, -0.2) is 5.06 Å². The zero-order valence-electron chi connectivity index (χ0n) is 10.3. The molecule has 2 heterocycles. The number of nitrogens with zero attached hydrogens (tertiary/aromatic N) is 1. The summed E-state index contributed by atoms with van der Waals surface area (Å²) in [4.78, 5) is 30.4. The minimum atomic E-state index is -0.210. The van der Waals surface area contributed by atoms with E-state index in [1.165, 1.54) is 16.4 Å². The van der Waals surface area contributed by atoms with Crippen LogP contribution in [0.2, 0.25) is 0 Å². The lowest BCUT2D eigenvalue weighted by atomic mass is 10.3. The monoisotopic (exact) mass is 268 g/mol. The van der Waals surface area contributed by atoms with Crippen LogP contribution >= 0.6 is 11.3 Å². The van der Waals surface area contributed by atoms with E-state index in [1.807, 2.05) is 13.0 Å². The maximum absolute atomic E-state index is 11.7. The molecule has 2 rings (SSSR count). The van der Waals surface area contributed by atoms with E-state index in [2.05, 4.69) is 5.32 Å². The second-order valence-electron chi connectivity index (χ2n) is 4.13. The molecule has 1 N–H and O–H groups in total. The van der Waals surface area contributed by atoms with E-state index in [1.54, 1.807) is 6.07 Å². The third-order valence-electron chi connectivity index (χ3n) is 2.65. The number of hydrogen-bond donors (Lipinski definition) is 1. The van der Waals surface area contributed by atoms with Crippen LogP contribution in [0.3, 0.4) is 0 Å². The Labute approximate surface area is 110 Å². The minimum absolute atomic E-state index is 0.0181. The van der Waals surface area contributed by atoms with Gasteiger partial charge in [0.05, 0.1) is 18.0 Å². The number of aryl methyl sites for hydroxylation is 1. The van der Waals surface area contributed by atoms with Crippen LogP contribution in [-0.2, 0) is 9.63 Å². The summed E-state index contributed by atoms with van der Waals surface area (Å²) in [6.45, 7) is 3.10. The van der Waals surface area contributed by atoms with Gasteiger partial charge in [0.2, 0.25) is 0 Å². The van der Waals surface area contributed by atoms with Gasteiger partial charge in [0.15, 0.2) is 0 Å². The molecule has 0 bridgehead atoms. The first-order valence-electron chi connectivity index (χ1n) is 5.95. The second kappa shape index (κ2) is 5.97. The maximum atomic E-state index is 11.7. The molecule has 1 aromatic heterocycles. The van der Waals surface area contributed by atoms with Gasteiger partial charge in [0.25, 0.3) is 11.8 Å². The molecule has 18 heavy (non-hydrogen) atoms. The summed E-state index contributed by atoms with van der Waals surface area (Å²) < 4.78 is 0. The molecule has 0 radical (unpaired) electrons. The summed E-state index contributed by atoms with van der Waals surface area (Å²) in [6.07, 6.45) is 1.93. The number of nitrogens with one attached hydrogen (secondary N) is 1. The van der Waals surface area contributed by atoms with Gasteiger partial charge in [-0.15, -0.1) is 11.3 Å². The van der Waals surface area contributed by atoms with E-state index in [-0.39, 0.29) is 18.4 Å². The summed E-state index contributed by atoms with van der Waals surface area (Å²) >= 11 is 1.41. The summed E-state index contributed by atoms with van der Waals surface area (Å²) in [5.74, 6) is -0.408. The van der Waals surface area contributed by atoms with Gasteiger partial charge in [-0.2, -0.15) is 0 Å². The van der Waals surface area contributed by atoms with Crippen molar-refractivity contribution in [3.63, 3.8) is 0 Å². The molecule has 0 saturated carbocycles. The first kappa shape index (κ1) is 13.0. The van der Waals surface area contributed by atoms with Gasteiger partial charge < -0.3 is 5.32 Å². The highest BCUT2D eigenvalue weighted by atomic mass is 32.1. The topological polar surface area (TPSA) is 58.6 Å². The molecule has 1 aromatic rings. The highest BCUT2D eigenvalue weighted by molar-refractivity contribution is 7.13. The Morgan fingerprint density at radius 1 is 1.44 bits per heavy atom. The van der Waals surface area contributed by atoms with E-state index in [0.29, 0.717) is 18.0 Å². The largest absolute Gasteiger partial charge is 0.342 e. The third kappa shape index (κ3) is 3.30. The molecule has 0 aliphatic carbocycles. The van der Waals surface area contributed by atoms with Crippen LogP contribution in [0, 0.1) is 6.92 Å². The molecule has 0 aromatic carbocycles. The van der Waals surface area contributed by atoms with Crippen LogP contribution in [0.25, 0.3) is 0 Å². The first-order chi connectivity index (χ1) is 8.66. The average Bonchev–Trinajstić information content (AvgIpc) is 2.83. The number of thiophene rings is 1. The number of carbonyl (C=O) groups is 2. The predicted octanol–water partition coefficient (Wildman–Crippen LogP) is 1.34. The summed E-state index contributed by atoms with van der Waals surface area (Å²) in [6, 6.07) is 3.65. The van der Waals surface area contributed by atoms with Crippen molar-refractivity contribution in [3.8, 4) is 0 Å². The van der Waals surface area contributed by atoms with Gasteiger partial charge in [-0.05, 0) is 31.9 Å². The Kier molecular flexibility index (Phi) is 4.33. The van der Waals surface area contributed by atoms with E-state index in [9.17, 15) is 9.59 Å². The SMILES string of the molecule is Cc1ccc(C(=O)NCC(=O)N2CCCCO2)s1. The summed E-state index contributed by atoms with van der Waals surface area (Å²) in [7, 11) is 0. The van der Waals surface area contributed by atoms with Crippen LogP contribution in [0.4, 0.5) is 0 Å². The van der Waals surface area contributed by atoms with Crippen molar-refractivity contribution in [2.45, 2.75) is 19.8 Å². The van der Waals surface area contributed by atoms with Crippen molar-refractivity contribution in [2.75, 3.05) is 19.7 Å². The normalized spacial score (nSPS) is 15.5. The van der Waals surface area contributed by atoms with Crippen LogP contribution in [0.5, 0.6) is 0 Å². The van der Waals surface area contributed by atoms with Gasteiger partial charge >= 0.3 is 0 Å². The molecule has 6 heteroatoms. The smallest absolute Gasteiger partial charge is 0.265 e. The number of amides is 2. The molecule has 5 nitrogen and oxygen atoms in total. The van der Waals surface area contributed by atoms with Gasteiger partial charge in [0.1, 0.15) is 0 Å². The fraction of sp³-hybridized carbons (Fsp3) is 0.500. The lowest BCUT2D eigenvalue weighted by molar-refractivity contribution is -0.195. The van der Waals surface area contributed by atoms with Crippen molar-refractivity contribution in [1.29, 1.82) is 0 Å². The molecule has 1 aliphatic rings. The van der Waals surface area contributed by atoms with Gasteiger partial charge in [0, 0.05) is 11.4 Å². The predicted molar refractivity (Wildman–Crippen MR) is 68.3 cm³/mol. The Morgan fingerprint density at radius 3 is 2.89 bits per heavy atom. The highest BCUT2D eigenvalue weighted by Gasteiger charge is 2.18. The average molecular weight is 268 g/mol. The summed E-state index contributed by atoms with van der Waals surface area (Å²) in [5.41, 5.74) is 0. The van der Waals surface area contributed by atoms with Crippen molar-refractivity contribution >= 4 is 23.2 Å². The Hall–Kier alpha value is -1.40. The van der Waals surface area contributed by atoms with E-state index in [0.717, 1.165) is 17.7 Å². The summed E-state index contributed by atoms with van der Waals surface area (Å²) in [5, 5.41) is 3.95. The van der Waals surface area contributed by atoms with Crippen molar-refractivity contribution in [2.24, 2.45) is 0 Å². The molecule has 2 amide bonds. The van der Waals surface area contributed by atoms with Crippen LogP contribution in [-0.4, -0.2) is 36.6 Å². The molecule has 0 spiro atoms. The van der Waals surface area contributed by atoms with Crippen molar-refractivity contribution in [3.05, 3.63) is 21.9 Å². The molecule has 1 fully saturated rings. The Bertz CT molecular complexity index is 438. The molecule has 0 atom stereocenters. The quantitative estimate of drug-likeness (QED) is 0.900. The van der Waals surface area contributed by atoms with E-state index >= 15 is 0 Å². The van der Waals surface area contributed by atoms with Gasteiger partial charge in [-0.1, -0.05) is 0 Å². The Morgan fingerprint density at radius 2 is 2.28 bits per heavy atom. The van der Waals surface area contributed by atoms with Crippen LogP contribution < -0.4 is 5.32 Å². The van der Waals surface area contributed by atoms with Gasteiger partial charge in [-0.3, -0.25) is 14.4 Å². The molecule has 1 aliphatic heterocycles. The van der Waals surface area contributed by atoms with Crippen LogP contribution in [0.15, 0.2) is 12.1 Å². The second-order valence-corrected chi connectivity index (χ2v) is 5.42. The third-order valence-corrected chi connectivity index (χ3v) is 3.64. The number of rotatable bonds is 3. The van der Waals surface area contributed by atoms with E-state index in [4.69, 9.17) is 4.84 Å². The minimum Gasteiger partial charge on any atom is -0.342 e. The maximum Gasteiger partial charge on any atom is 0.265 e. The number of hydroxylamine groups is 2. The fourth-order valence-corrected chi connectivity index (χ4v) is 2.47.